The van der Waals surface area contributed by atoms with Gasteiger partial charge >= 0.3 is 0 Å². The lowest BCUT2D eigenvalue weighted by molar-refractivity contribution is -0.116. The predicted molar refractivity (Wildman–Crippen MR) is 112 cm³/mol. The van der Waals surface area contributed by atoms with E-state index in [1.165, 1.54) is 57.8 Å². The third-order valence-electron chi connectivity index (χ3n) is 4.53. The van der Waals surface area contributed by atoms with Crippen LogP contribution in [0.5, 0.6) is 0 Å². The molecule has 26 heavy (non-hydrogen) atoms. The van der Waals surface area contributed by atoms with Crippen molar-refractivity contribution in [3.63, 3.8) is 0 Å². The van der Waals surface area contributed by atoms with Gasteiger partial charge in [-0.05, 0) is 32.1 Å². The fourth-order valence-electron chi connectivity index (χ4n) is 2.96. The van der Waals surface area contributed by atoms with Gasteiger partial charge in [0.15, 0.2) is 9.84 Å². The lowest BCUT2D eigenvalue weighted by Gasteiger charge is -2.03. The Labute approximate surface area is 161 Å². The predicted octanol–water partition coefficient (Wildman–Crippen LogP) is 4.97. The van der Waals surface area contributed by atoms with E-state index in [2.05, 4.69) is 19.1 Å². The van der Waals surface area contributed by atoms with Crippen molar-refractivity contribution in [3.8, 4) is 0 Å². The number of Topliss-reactive ketones (excluding diaryl/α,β-unsaturated/α-hetero) is 1. The lowest BCUT2D eigenvalue weighted by Crippen LogP contribution is -2.23. The quantitative estimate of drug-likeness (QED) is 0.251. The number of rotatable bonds is 19. The molecule has 0 aliphatic heterocycles. The zero-order valence-electron chi connectivity index (χ0n) is 16.9. The Hall–Kier alpha value is -0.680. The van der Waals surface area contributed by atoms with Crippen LogP contribution in [-0.4, -0.2) is 32.3 Å². The fourth-order valence-corrected chi connectivity index (χ4v) is 4.10. The second-order valence-electron chi connectivity index (χ2n) is 7.25. The van der Waals surface area contributed by atoms with E-state index in [1.54, 1.807) is 0 Å². The molecule has 2 N–H and O–H groups in total. The van der Waals surface area contributed by atoms with Crippen molar-refractivity contribution >= 4 is 15.6 Å². The van der Waals surface area contributed by atoms with Crippen LogP contribution in [0.15, 0.2) is 12.2 Å². The molecule has 5 heteroatoms. The minimum absolute atomic E-state index is 0.0863. The van der Waals surface area contributed by atoms with Gasteiger partial charge in [-0.1, -0.05) is 70.4 Å². The Bertz CT molecular complexity index is 458. The lowest BCUT2D eigenvalue weighted by atomic mass is 10.1. The molecule has 0 aromatic heterocycles. The van der Waals surface area contributed by atoms with Gasteiger partial charge in [0, 0.05) is 13.0 Å². The van der Waals surface area contributed by atoms with Gasteiger partial charge < -0.3 is 5.73 Å². The van der Waals surface area contributed by atoms with Crippen molar-refractivity contribution in [1.29, 1.82) is 0 Å². The highest BCUT2D eigenvalue weighted by molar-refractivity contribution is 7.92. The minimum Gasteiger partial charge on any atom is -0.329 e. The molecule has 0 heterocycles. The number of sulfone groups is 1. The first-order valence-electron chi connectivity index (χ1n) is 10.6. The largest absolute Gasteiger partial charge is 0.329 e. The number of allylic oxidation sites excluding steroid dienone is 2. The van der Waals surface area contributed by atoms with Crippen LogP contribution in [-0.2, 0) is 14.6 Å². The van der Waals surface area contributed by atoms with Crippen LogP contribution in [0.2, 0.25) is 0 Å². The maximum atomic E-state index is 11.6. The first-order chi connectivity index (χ1) is 12.5. The molecule has 0 fully saturated rings. The molecular weight excluding hydrogens is 346 g/mol. The summed E-state index contributed by atoms with van der Waals surface area (Å²) < 4.78 is 23.0. The van der Waals surface area contributed by atoms with E-state index in [9.17, 15) is 13.2 Å². The van der Waals surface area contributed by atoms with Crippen LogP contribution < -0.4 is 5.73 Å². The van der Waals surface area contributed by atoms with Gasteiger partial charge in [0.05, 0.1) is 5.75 Å². The van der Waals surface area contributed by atoms with Gasteiger partial charge in [0.25, 0.3) is 0 Å². The topological polar surface area (TPSA) is 77.2 Å². The summed E-state index contributed by atoms with van der Waals surface area (Å²) >= 11 is 0. The molecule has 0 rings (SSSR count). The molecule has 0 amide bonds. The van der Waals surface area contributed by atoms with E-state index >= 15 is 0 Å². The fraction of sp³-hybridized carbons (Fsp3) is 0.857. The highest BCUT2D eigenvalue weighted by Gasteiger charge is 2.14. The normalized spacial score (nSPS) is 12.1. The summed E-state index contributed by atoms with van der Waals surface area (Å²) in [6, 6.07) is 0. The molecule has 0 spiro atoms. The first kappa shape index (κ1) is 25.3. The van der Waals surface area contributed by atoms with E-state index in [0.29, 0.717) is 6.42 Å². The maximum absolute atomic E-state index is 11.6. The second-order valence-corrected chi connectivity index (χ2v) is 9.44. The molecule has 154 valence electrons. The van der Waals surface area contributed by atoms with Gasteiger partial charge in [0.1, 0.15) is 11.5 Å². The van der Waals surface area contributed by atoms with Crippen molar-refractivity contribution < 1.29 is 13.2 Å². The summed E-state index contributed by atoms with van der Waals surface area (Å²) in [7, 11) is -3.28. The van der Waals surface area contributed by atoms with E-state index in [-0.39, 0.29) is 23.8 Å². The molecule has 4 nitrogen and oxygen atoms in total. The molecule has 0 aliphatic rings. The number of ketones is 1. The van der Waals surface area contributed by atoms with Crippen molar-refractivity contribution in [3.05, 3.63) is 12.2 Å². The van der Waals surface area contributed by atoms with Gasteiger partial charge in [-0.2, -0.15) is 0 Å². The summed E-state index contributed by atoms with van der Waals surface area (Å²) in [5, 5.41) is 0. The number of hydrogen-bond acceptors (Lipinski definition) is 4. The zero-order chi connectivity index (χ0) is 19.5. The zero-order valence-corrected chi connectivity index (χ0v) is 17.7. The Morgan fingerprint density at radius 1 is 0.808 bits per heavy atom. The highest BCUT2D eigenvalue weighted by Crippen LogP contribution is 2.10. The van der Waals surface area contributed by atoms with Gasteiger partial charge in [-0.15, -0.1) is 0 Å². The Balaban J connectivity index is 3.38. The molecule has 0 radical (unpaired) electrons. The molecule has 0 aromatic carbocycles. The van der Waals surface area contributed by atoms with Gasteiger partial charge in [-0.25, -0.2) is 8.42 Å². The van der Waals surface area contributed by atoms with Crippen LogP contribution >= 0.6 is 0 Å². The van der Waals surface area contributed by atoms with Gasteiger partial charge in [0.2, 0.25) is 0 Å². The number of carbonyl (C=O) groups is 1. The highest BCUT2D eigenvalue weighted by atomic mass is 32.2. The average molecular weight is 388 g/mol. The summed E-state index contributed by atoms with van der Waals surface area (Å²) in [6.07, 6.45) is 20.8. The van der Waals surface area contributed by atoms with Crippen molar-refractivity contribution in [2.75, 3.05) is 18.1 Å². The number of hydrogen-bond donors (Lipinski definition) is 1. The number of carbonyl (C=O) groups excluding carboxylic acids is 1. The smallest absolute Gasteiger partial charge is 0.158 e. The van der Waals surface area contributed by atoms with Crippen LogP contribution in [0.25, 0.3) is 0 Å². The second kappa shape index (κ2) is 17.7. The SMILES string of the molecule is CCCCCCCC/C=C\CCCCCCCC(=O)CS(=O)(=O)CCN. The summed E-state index contributed by atoms with van der Waals surface area (Å²) in [5.74, 6) is -0.602. The van der Waals surface area contributed by atoms with E-state index in [1.807, 2.05) is 0 Å². The number of nitrogens with two attached hydrogens (primary N) is 1. The Morgan fingerprint density at radius 3 is 1.85 bits per heavy atom. The average Bonchev–Trinajstić information content (AvgIpc) is 2.57. The van der Waals surface area contributed by atoms with Crippen LogP contribution in [0, 0.1) is 0 Å². The molecule has 0 aromatic rings. The molecule has 0 bridgehead atoms. The summed E-state index contributed by atoms with van der Waals surface area (Å²) in [4.78, 5) is 11.6. The Kier molecular flexibility index (Phi) is 17.3. The minimum atomic E-state index is -3.28. The first-order valence-corrected chi connectivity index (χ1v) is 12.4. The third-order valence-corrected chi connectivity index (χ3v) is 6.15. The molecule has 0 saturated heterocycles. The van der Waals surface area contributed by atoms with E-state index < -0.39 is 9.84 Å². The van der Waals surface area contributed by atoms with Crippen molar-refractivity contribution in [2.45, 2.75) is 96.8 Å². The van der Waals surface area contributed by atoms with Crippen molar-refractivity contribution in [2.24, 2.45) is 5.73 Å². The van der Waals surface area contributed by atoms with E-state index in [4.69, 9.17) is 5.73 Å². The summed E-state index contributed by atoms with van der Waals surface area (Å²) in [6.45, 7) is 2.34. The third kappa shape index (κ3) is 18.1. The van der Waals surface area contributed by atoms with Crippen molar-refractivity contribution in [1.82, 2.24) is 0 Å². The molecule has 0 saturated carbocycles. The Morgan fingerprint density at radius 2 is 1.31 bits per heavy atom. The van der Waals surface area contributed by atoms with E-state index in [0.717, 1.165) is 25.7 Å². The monoisotopic (exact) mass is 387 g/mol. The summed E-state index contributed by atoms with van der Waals surface area (Å²) in [5.41, 5.74) is 5.23. The number of unbranched alkanes of at least 4 members (excludes halogenated alkanes) is 11. The molecular formula is C21H41NO3S. The molecule has 0 atom stereocenters. The molecule has 0 unspecified atom stereocenters. The van der Waals surface area contributed by atoms with Crippen LogP contribution in [0.4, 0.5) is 0 Å². The standard InChI is InChI=1S/C21H41NO3S/c1-2-3-4-5-6-7-8-9-10-11-12-13-14-15-16-17-21(23)20-26(24,25)19-18-22/h9-10H,2-8,11-20,22H2,1H3/b10-9-. The van der Waals surface area contributed by atoms with Gasteiger partial charge in [-0.3, -0.25) is 4.79 Å². The van der Waals surface area contributed by atoms with Crippen LogP contribution in [0.1, 0.15) is 96.8 Å². The maximum Gasteiger partial charge on any atom is 0.158 e. The van der Waals surface area contributed by atoms with Crippen LogP contribution in [0.3, 0.4) is 0 Å². The molecule has 0 aliphatic carbocycles.